The van der Waals surface area contributed by atoms with Gasteiger partial charge in [-0.3, -0.25) is 5.84 Å². The number of amides is 1. The normalized spacial score (nSPS) is 17.5. The Morgan fingerprint density at radius 2 is 1.56 bits per heavy atom. The minimum Gasteiger partial charge on any atom is -0.444 e. The average molecular weight is 231 g/mol. The van der Waals surface area contributed by atoms with Gasteiger partial charge in [-0.25, -0.2) is 9.80 Å². The molecular weight excluding hydrogens is 206 g/mol. The fourth-order valence-corrected chi connectivity index (χ4v) is 1.23. The summed E-state index contributed by atoms with van der Waals surface area (Å²) in [7, 11) is 0. The summed E-state index contributed by atoms with van der Waals surface area (Å²) in [5.74, 6) is 5.58. The molecule has 0 aromatic heterocycles. The van der Waals surface area contributed by atoms with Gasteiger partial charge in [0, 0.05) is 26.2 Å². The maximum absolute atomic E-state index is 11.6. The Morgan fingerprint density at radius 1 is 1.12 bits per heavy atom. The first kappa shape index (κ1) is 15.2. The average Bonchev–Trinajstić information content (AvgIpc) is 2.19. The van der Waals surface area contributed by atoms with Gasteiger partial charge in [0.15, 0.2) is 0 Å². The number of rotatable bonds is 0. The van der Waals surface area contributed by atoms with Crippen molar-refractivity contribution in [2.45, 2.75) is 40.2 Å². The van der Waals surface area contributed by atoms with Crippen LogP contribution in [-0.2, 0) is 4.74 Å². The van der Waals surface area contributed by atoms with E-state index in [4.69, 9.17) is 10.6 Å². The van der Waals surface area contributed by atoms with Gasteiger partial charge in [-0.15, -0.1) is 0 Å². The van der Waals surface area contributed by atoms with E-state index >= 15 is 0 Å². The van der Waals surface area contributed by atoms with Crippen LogP contribution in [-0.4, -0.2) is 47.8 Å². The van der Waals surface area contributed by atoms with Crippen LogP contribution in [0.5, 0.6) is 0 Å². The molecule has 0 bridgehead atoms. The van der Waals surface area contributed by atoms with Crippen molar-refractivity contribution in [1.29, 1.82) is 0 Å². The highest BCUT2D eigenvalue weighted by Crippen LogP contribution is 2.10. The van der Waals surface area contributed by atoms with Crippen molar-refractivity contribution in [3.8, 4) is 0 Å². The zero-order valence-electron chi connectivity index (χ0n) is 11.1. The second-order valence-corrected chi connectivity index (χ2v) is 4.50. The molecule has 5 heteroatoms. The van der Waals surface area contributed by atoms with Crippen molar-refractivity contribution in [3.05, 3.63) is 0 Å². The lowest BCUT2D eigenvalue weighted by atomic mass is 10.2. The van der Waals surface area contributed by atoms with Crippen molar-refractivity contribution >= 4 is 6.09 Å². The van der Waals surface area contributed by atoms with Gasteiger partial charge in [-0.05, 0) is 20.8 Å². The molecule has 96 valence electrons. The highest BCUT2D eigenvalue weighted by molar-refractivity contribution is 5.68. The van der Waals surface area contributed by atoms with Crippen LogP contribution in [0.25, 0.3) is 0 Å². The Labute approximate surface area is 98.5 Å². The molecular formula is C11H25N3O2. The number of piperazine rings is 1. The fourth-order valence-electron chi connectivity index (χ4n) is 1.23. The lowest BCUT2D eigenvalue weighted by molar-refractivity contribution is 0.0145. The Kier molecular flexibility index (Phi) is 6.36. The van der Waals surface area contributed by atoms with Gasteiger partial charge in [-0.1, -0.05) is 13.8 Å². The Balaban J connectivity index is 0.00000106. The second kappa shape index (κ2) is 6.70. The van der Waals surface area contributed by atoms with Gasteiger partial charge in [-0.2, -0.15) is 0 Å². The standard InChI is InChI=1S/C9H19N3O2.C2H6/c1-9(2,3)14-8(13)11-4-6-12(10)7-5-11;1-2/h4-7,10H2,1-3H3;1-2H3. The van der Waals surface area contributed by atoms with Gasteiger partial charge >= 0.3 is 6.09 Å². The first-order chi connectivity index (χ1) is 7.38. The molecule has 1 rings (SSSR count). The summed E-state index contributed by atoms with van der Waals surface area (Å²) in [6.07, 6.45) is -0.245. The third kappa shape index (κ3) is 5.92. The van der Waals surface area contributed by atoms with Crippen molar-refractivity contribution in [2.75, 3.05) is 26.2 Å². The number of carbonyl (C=O) groups is 1. The molecule has 16 heavy (non-hydrogen) atoms. The van der Waals surface area contributed by atoms with E-state index in [2.05, 4.69) is 0 Å². The number of hydrazine groups is 1. The molecule has 1 saturated heterocycles. The second-order valence-electron chi connectivity index (χ2n) is 4.50. The molecule has 0 aliphatic carbocycles. The van der Waals surface area contributed by atoms with E-state index < -0.39 is 5.60 Å². The summed E-state index contributed by atoms with van der Waals surface area (Å²) in [4.78, 5) is 13.3. The van der Waals surface area contributed by atoms with E-state index in [1.807, 2.05) is 34.6 Å². The number of carbonyl (C=O) groups excluding carboxylic acids is 1. The molecule has 0 spiro atoms. The van der Waals surface area contributed by atoms with Gasteiger partial charge in [0.05, 0.1) is 0 Å². The molecule has 1 amide bonds. The van der Waals surface area contributed by atoms with Crippen molar-refractivity contribution in [1.82, 2.24) is 9.91 Å². The Bertz CT molecular complexity index is 206. The summed E-state index contributed by atoms with van der Waals surface area (Å²) >= 11 is 0. The van der Waals surface area contributed by atoms with E-state index in [1.165, 1.54) is 0 Å². The summed E-state index contributed by atoms with van der Waals surface area (Å²) in [6, 6.07) is 0. The Morgan fingerprint density at radius 3 is 1.94 bits per heavy atom. The van der Waals surface area contributed by atoms with E-state index in [1.54, 1.807) is 9.91 Å². The molecule has 0 unspecified atom stereocenters. The molecule has 0 saturated carbocycles. The fraction of sp³-hybridized carbons (Fsp3) is 0.909. The topological polar surface area (TPSA) is 58.8 Å². The highest BCUT2D eigenvalue weighted by atomic mass is 16.6. The molecule has 1 aliphatic heterocycles. The number of hydrogen-bond acceptors (Lipinski definition) is 4. The molecule has 0 radical (unpaired) electrons. The summed E-state index contributed by atoms with van der Waals surface area (Å²) < 4.78 is 5.24. The van der Waals surface area contributed by atoms with E-state index in [-0.39, 0.29) is 6.09 Å². The molecule has 0 atom stereocenters. The molecule has 1 fully saturated rings. The minimum atomic E-state index is -0.420. The molecule has 1 aliphatic rings. The molecule has 5 nitrogen and oxygen atoms in total. The maximum atomic E-state index is 11.6. The van der Waals surface area contributed by atoms with Crippen LogP contribution >= 0.6 is 0 Å². The maximum Gasteiger partial charge on any atom is 0.410 e. The predicted octanol–water partition coefficient (Wildman–Crippen LogP) is 1.44. The summed E-state index contributed by atoms with van der Waals surface area (Å²) in [6.45, 7) is 12.3. The highest BCUT2D eigenvalue weighted by Gasteiger charge is 2.24. The lowest BCUT2D eigenvalue weighted by Gasteiger charge is -2.33. The summed E-state index contributed by atoms with van der Waals surface area (Å²) in [5, 5.41) is 1.71. The number of ether oxygens (including phenoxy) is 1. The van der Waals surface area contributed by atoms with Crippen molar-refractivity contribution in [3.63, 3.8) is 0 Å². The quantitative estimate of drug-likeness (QED) is 0.641. The van der Waals surface area contributed by atoms with Gasteiger partial charge < -0.3 is 9.64 Å². The third-order valence-corrected chi connectivity index (χ3v) is 1.97. The van der Waals surface area contributed by atoms with Crippen molar-refractivity contribution < 1.29 is 9.53 Å². The van der Waals surface area contributed by atoms with Crippen molar-refractivity contribution in [2.24, 2.45) is 5.84 Å². The SMILES string of the molecule is CC.CC(C)(C)OC(=O)N1CCN(N)CC1. The number of nitrogens with two attached hydrogens (primary N) is 1. The van der Waals surface area contributed by atoms with E-state index in [9.17, 15) is 4.79 Å². The first-order valence-electron chi connectivity index (χ1n) is 5.86. The van der Waals surface area contributed by atoms with Crippen LogP contribution in [0.1, 0.15) is 34.6 Å². The Hall–Kier alpha value is -0.810. The van der Waals surface area contributed by atoms with Gasteiger partial charge in [0.1, 0.15) is 5.60 Å². The smallest absolute Gasteiger partial charge is 0.410 e. The number of nitrogens with zero attached hydrogens (tertiary/aromatic N) is 2. The summed E-state index contributed by atoms with van der Waals surface area (Å²) in [5.41, 5.74) is -0.420. The van der Waals surface area contributed by atoms with Gasteiger partial charge in [0.25, 0.3) is 0 Å². The van der Waals surface area contributed by atoms with E-state index in [0.29, 0.717) is 26.2 Å². The monoisotopic (exact) mass is 231 g/mol. The van der Waals surface area contributed by atoms with Crippen LogP contribution in [0.4, 0.5) is 4.79 Å². The van der Waals surface area contributed by atoms with E-state index in [0.717, 1.165) is 0 Å². The minimum absolute atomic E-state index is 0.245. The molecule has 0 aromatic carbocycles. The first-order valence-corrected chi connectivity index (χ1v) is 5.86. The number of hydrogen-bond donors (Lipinski definition) is 1. The van der Waals surface area contributed by atoms with Crippen LogP contribution in [0, 0.1) is 0 Å². The van der Waals surface area contributed by atoms with Crippen LogP contribution in [0.3, 0.4) is 0 Å². The van der Waals surface area contributed by atoms with Crippen LogP contribution in [0.15, 0.2) is 0 Å². The largest absolute Gasteiger partial charge is 0.444 e. The predicted molar refractivity (Wildman–Crippen MR) is 64.9 cm³/mol. The third-order valence-electron chi connectivity index (χ3n) is 1.97. The zero-order valence-corrected chi connectivity index (χ0v) is 11.1. The lowest BCUT2D eigenvalue weighted by Crippen LogP contribution is -2.52. The molecule has 1 heterocycles. The van der Waals surface area contributed by atoms with Crippen LogP contribution in [0.2, 0.25) is 0 Å². The zero-order chi connectivity index (χ0) is 12.8. The van der Waals surface area contributed by atoms with Gasteiger partial charge in [0.2, 0.25) is 0 Å². The molecule has 0 aromatic rings. The van der Waals surface area contributed by atoms with Crippen LogP contribution < -0.4 is 5.84 Å². The molecule has 2 N–H and O–H groups in total.